The topological polar surface area (TPSA) is 48.4 Å². The molecule has 1 aromatic heterocycles. The number of methoxy groups -OCH3 is 1. The quantitative estimate of drug-likeness (QED) is 0.772. The van der Waals surface area contributed by atoms with Gasteiger partial charge in [-0.3, -0.25) is 4.79 Å². The number of carbonyl (C=O) groups excluding carboxylic acids is 1. The molecule has 4 heteroatoms. The van der Waals surface area contributed by atoms with Gasteiger partial charge in [-0.25, -0.2) is 4.98 Å². The monoisotopic (exact) mass is 249 g/mol. The van der Waals surface area contributed by atoms with Gasteiger partial charge in [0.05, 0.1) is 13.0 Å². The van der Waals surface area contributed by atoms with Crippen molar-refractivity contribution in [3.63, 3.8) is 0 Å². The fourth-order valence-corrected chi connectivity index (χ4v) is 2.28. The standard InChI is InChI=1S/C14H19NO3/c1-10-3-8-13(15-9-10)18-12-6-4-11(5-7-12)14(16)17-2/h3,8-9,11-12H,4-7H2,1-2H3/t11-,12-. The lowest BCUT2D eigenvalue weighted by atomic mass is 9.87. The number of hydrogen-bond donors (Lipinski definition) is 0. The lowest BCUT2D eigenvalue weighted by Crippen LogP contribution is -2.28. The number of nitrogens with zero attached hydrogens (tertiary/aromatic N) is 1. The van der Waals surface area contributed by atoms with Crippen LogP contribution in [-0.2, 0) is 9.53 Å². The number of carbonyl (C=O) groups is 1. The Hall–Kier alpha value is -1.58. The number of esters is 1. The lowest BCUT2D eigenvalue weighted by Gasteiger charge is -2.27. The second-order valence-electron chi connectivity index (χ2n) is 4.79. The van der Waals surface area contributed by atoms with Gasteiger partial charge in [-0.1, -0.05) is 6.07 Å². The Morgan fingerprint density at radius 3 is 2.56 bits per heavy atom. The molecule has 0 aromatic carbocycles. The molecule has 0 spiro atoms. The number of ether oxygens (including phenoxy) is 2. The third kappa shape index (κ3) is 3.22. The van der Waals surface area contributed by atoms with Gasteiger partial charge in [0.1, 0.15) is 6.10 Å². The molecule has 0 atom stereocenters. The zero-order chi connectivity index (χ0) is 13.0. The summed E-state index contributed by atoms with van der Waals surface area (Å²) < 4.78 is 10.6. The van der Waals surface area contributed by atoms with E-state index in [9.17, 15) is 4.79 Å². The van der Waals surface area contributed by atoms with Crippen LogP contribution in [0, 0.1) is 12.8 Å². The van der Waals surface area contributed by atoms with Crippen molar-refractivity contribution in [2.45, 2.75) is 38.7 Å². The van der Waals surface area contributed by atoms with E-state index in [1.807, 2.05) is 19.1 Å². The van der Waals surface area contributed by atoms with E-state index in [4.69, 9.17) is 9.47 Å². The minimum atomic E-state index is -0.0955. The molecule has 4 nitrogen and oxygen atoms in total. The zero-order valence-electron chi connectivity index (χ0n) is 10.9. The average Bonchev–Trinajstić information content (AvgIpc) is 2.41. The highest BCUT2D eigenvalue weighted by atomic mass is 16.5. The van der Waals surface area contributed by atoms with E-state index in [-0.39, 0.29) is 18.0 Å². The van der Waals surface area contributed by atoms with Gasteiger partial charge in [0.15, 0.2) is 0 Å². The van der Waals surface area contributed by atoms with E-state index < -0.39 is 0 Å². The van der Waals surface area contributed by atoms with Gasteiger partial charge < -0.3 is 9.47 Å². The van der Waals surface area contributed by atoms with Crippen LogP contribution in [0.4, 0.5) is 0 Å². The fourth-order valence-electron chi connectivity index (χ4n) is 2.28. The second kappa shape index (κ2) is 5.85. The summed E-state index contributed by atoms with van der Waals surface area (Å²) in [5.41, 5.74) is 1.12. The molecule has 1 aliphatic rings. The van der Waals surface area contributed by atoms with Crippen molar-refractivity contribution in [3.05, 3.63) is 23.9 Å². The summed E-state index contributed by atoms with van der Waals surface area (Å²) in [7, 11) is 1.45. The Morgan fingerprint density at radius 1 is 1.28 bits per heavy atom. The summed E-state index contributed by atoms with van der Waals surface area (Å²) in [5.74, 6) is 0.616. The van der Waals surface area contributed by atoms with Gasteiger partial charge in [0.2, 0.25) is 5.88 Å². The van der Waals surface area contributed by atoms with E-state index in [1.165, 1.54) is 7.11 Å². The van der Waals surface area contributed by atoms with Gasteiger partial charge in [-0.05, 0) is 38.2 Å². The molecule has 1 aliphatic carbocycles. The van der Waals surface area contributed by atoms with Crippen LogP contribution < -0.4 is 4.74 Å². The maximum absolute atomic E-state index is 11.4. The minimum absolute atomic E-state index is 0.0424. The predicted molar refractivity (Wildman–Crippen MR) is 67.4 cm³/mol. The Bertz CT molecular complexity index is 394. The van der Waals surface area contributed by atoms with Gasteiger partial charge in [-0.2, -0.15) is 0 Å². The maximum Gasteiger partial charge on any atom is 0.308 e. The van der Waals surface area contributed by atoms with Gasteiger partial charge in [-0.15, -0.1) is 0 Å². The largest absolute Gasteiger partial charge is 0.474 e. The van der Waals surface area contributed by atoms with Crippen LogP contribution in [-0.4, -0.2) is 24.2 Å². The zero-order valence-corrected chi connectivity index (χ0v) is 10.9. The first kappa shape index (κ1) is 12.9. The summed E-state index contributed by atoms with van der Waals surface area (Å²) in [6.45, 7) is 2.00. The molecule has 18 heavy (non-hydrogen) atoms. The third-order valence-corrected chi connectivity index (χ3v) is 3.38. The van der Waals surface area contributed by atoms with Gasteiger partial charge in [0, 0.05) is 12.3 Å². The van der Waals surface area contributed by atoms with Crippen LogP contribution in [0.5, 0.6) is 5.88 Å². The summed E-state index contributed by atoms with van der Waals surface area (Å²) in [5, 5.41) is 0. The first-order valence-electron chi connectivity index (χ1n) is 6.36. The molecule has 0 radical (unpaired) electrons. The highest BCUT2D eigenvalue weighted by Gasteiger charge is 2.27. The second-order valence-corrected chi connectivity index (χ2v) is 4.79. The minimum Gasteiger partial charge on any atom is -0.474 e. The summed E-state index contributed by atoms with van der Waals surface area (Å²) in [6.07, 6.45) is 5.41. The third-order valence-electron chi connectivity index (χ3n) is 3.38. The number of aryl methyl sites for hydroxylation is 1. The van der Waals surface area contributed by atoms with E-state index in [1.54, 1.807) is 6.20 Å². The van der Waals surface area contributed by atoms with Crippen LogP contribution in [0.1, 0.15) is 31.2 Å². The SMILES string of the molecule is COC(=O)[C@H]1CC[C@H](Oc2ccc(C)cn2)CC1. The molecule has 1 heterocycles. The molecule has 0 N–H and O–H groups in total. The van der Waals surface area contributed by atoms with E-state index in [0.29, 0.717) is 5.88 Å². The Morgan fingerprint density at radius 2 is 2.00 bits per heavy atom. The molecule has 1 fully saturated rings. The van der Waals surface area contributed by atoms with E-state index in [0.717, 1.165) is 31.2 Å². The molecule has 98 valence electrons. The molecule has 0 aliphatic heterocycles. The van der Waals surface area contributed by atoms with Crippen LogP contribution in [0.25, 0.3) is 0 Å². The maximum atomic E-state index is 11.4. The highest BCUT2D eigenvalue weighted by molar-refractivity contribution is 5.72. The Balaban J connectivity index is 1.83. The molecule has 0 amide bonds. The Kier molecular flexibility index (Phi) is 4.18. The van der Waals surface area contributed by atoms with Crippen molar-refractivity contribution >= 4 is 5.97 Å². The molecule has 2 rings (SSSR count). The van der Waals surface area contributed by atoms with E-state index >= 15 is 0 Å². The number of aromatic nitrogens is 1. The number of pyridine rings is 1. The normalized spacial score (nSPS) is 23.4. The van der Waals surface area contributed by atoms with Crippen LogP contribution >= 0.6 is 0 Å². The van der Waals surface area contributed by atoms with Crippen LogP contribution in [0.15, 0.2) is 18.3 Å². The highest BCUT2D eigenvalue weighted by Crippen LogP contribution is 2.27. The van der Waals surface area contributed by atoms with Gasteiger partial charge in [0.25, 0.3) is 0 Å². The first-order chi connectivity index (χ1) is 8.69. The van der Waals surface area contributed by atoms with Gasteiger partial charge >= 0.3 is 5.97 Å². The fraction of sp³-hybridized carbons (Fsp3) is 0.571. The molecule has 0 unspecified atom stereocenters. The smallest absolute Gasteiger partial charge is 0.308 e. The Labute approximate surface area is 107 Å². The molecule has 1 saturated carbocycles. The van der Waals surface area contributed by atoms with E-state index in [2.05, 4.69) is 4.98 Å². The molecular formula is C14H19NO3. The molecule has 0 bridgehead atoms. The first-order valence-corrected chi connectivity index (χ1v) is 6.36. The predicted octanol–water partition coefficient (Wildman–Crippen LogP) is 2.50. The van der Waals surface area contributed by atoms with Crippen molar-refractivity contribution in [2.75, 3.05) is 7.11 Å². The van der Waals surface area contributed by atoms with Crippen molar-refractivity contribution in [3.8, 4) is 5.88 Å². The van der Waals surface area contributed by atoms with Crippen molar-refractivity contribution < 1.29 is 14.3 Å². The average molecular weight is 249 g/mol. The molecular weight excluding hydrogens is 230 g/mol. The molecule has 1 aromatic rings. The molecule has 0 saturated heterocycles. The van der Waals surface area contributed by atoms with Crippen molar-refractivity contribution in [1.29, 1.82) is 0 Å². The van der Waals surface area contributed by atoms with Crippen molar-refractivity contribution in [1.82, 2.24) is 4.98 Å². The summed E-state index contributed by atoms with van der Waals surface area (Å²) in [4.78, 5) is 15.6. The van der Waals surface area contributed by atoms with Crippen LogP contribution in [0.2, 0.25) is 0 Å². The number of rotatable bonds is 3. The number of hydrogen-bond acceptors (Lipinski definition) is 4. The summed E-state index contributed by atoms with van der Waals surface area (Å²) >= 11 is 0. The van der Waals surface area contributed by atoms with Crippen molar-refractivity contribution in [2.24, 2.45) is 5.92 Å². The van der Waals surface area contributed by atoms with Crippen LogP contribution in [0.3, 0.4) is 0 Å². The summed E-state index contributed by atoms with van der Waals surface area (Å²) in [6, 6.07) is 3.88. The lowest BCUT2D eigenvalue weighted by molar-refractivity contribution is -0.147.